The minimum Gasteiger partial charge on any atom is -0.368 e. The van der Waals surface area contributed by atoms with E-state index in [1.165, 1.54) is 4.68 Å². The van der Waals surface area contributed by atoms with Gasteiger partial charge in [0.25, 0.3) is 0 Å². The molecule has 1 aromatic carbocycles. The minimum absolute atomic E-state index is 0.146. The maximum Gasteiger partial charge on any atom is 0.244 e. The van der Waals surface area contributed by atoms with Gasteiger partial charge in [0, 0.05) is 5.54 Å². The van der Waals surface area contributed by atoms with Crippen LogP contribution < -0.4 is 11.1 Å². The third-order valence-electron chi connectivity index (χ3n) is 2.34. The maximum absolute atomic E-state index is 8.90. The summed E-state index contributed by atoms with van der Waals surface area (Å²) in [5, 5.41) is 16.4. The summed E-state index contributed by atoms with van der Waals surface area (Å²) in [7, 11) is 0. The van der Waals surface area contributed by atoms with Gasteiger partial charge in [-0.1, -0.05) is 6.07 Å². The van der Waals surface area contributed by atoms with Crippen LogP contribution in [0.5, 0.6) is 0 Å². The van der Waals surface area contributed by atoms with Crippen molar-refractivity contribution < 1.29 is 0 Å². The van der Waals surface area contributed by atoms with Gasteiger partial charge in [-0.25, -0.2) is 0 Å². The Kier molecular flexibility index (Phi) is 3.13. The summed E-state index contributed by atoms with van der Waals surface area (Å²) in [6.07, 6.45) is 0. The number of nitrogens with one attached hydrogen (secondary N) is 1. The summed E-state index contributed by atoms with van der Waals surface area (Å²) in [6.45, 7) is 6.04. The molecule has 98 valence electrons. The van der Waals surface area contributed by atoms with E-state index in [1.54, 1.807) is 18.2 Å². The highest BCUT2D eigenvalue weighted by molar-refractivity contribution is 5.46. The number of aromatic nitrogens is 3. The first-order valence-electron chi connectivity index (χ1n) is 5.90. The van der Waals surface area contributed by atoms with Crippen molar-refractivity contribution in [1.29, 1.82) is 5.26 Å². The van der Waals surface area contributed by atoms with Crippen LogP contribution >= 0.6 is 0 Å². The molecule has 0 saturated carbocycles. The molecule has 2 aromatic rings. The molecule has 0 atom stereocenters. The number of benzene rings is 1. The topological polar surface area (TPSA) is 92.5 Å². The molecule has 0 aliphatic carbocycles. The number of anilines is 2. The van der Waals surface area contributed by atoms with Crippen LogP contribution in [0.3, 0.4) is 0 Å². The molecule has 0 amide bonds. The van der Waals surface area contributed by atoms with E-state index in [4.69, 9.17) is 11.0 Å². The maximum atomic E-state index is 8.90. The van der Waals surface area contributed by atoms with Gasteiger partial charge >= 0.3 is 0 Å². The lowest BCUT2D eigenvalue weighted by Crippen LogP contribution is -2.26. The zero-order chi connectivity index (χ0) is 14.0. The largest absolute Gasteiger partial charge is 0.368 e. The fourth-order valence-corrected chi connectivity index (χ4v) is 1.61. The van der Waals surface area contributed by atoms with Crippen molar-refractivity contribution in [2.24, 2.45) is 0 Å². The van der Waals surface area contributed by atoms with E-state index in [0.29, 0.717) is 17.2 Å². The predicted molar refractivity (Wildman–Crippen MR) is 73.9 cm³/mol. The van der Waals surface area contributed by atoms with E-state index in [2.05, 4.69) is 21.5 Å². The number of nitrogens with two attached hydrogens (primary N) is 1. The second kappa shape index (κ2) is 4.61. The van der Waals surface area contributed by atoms with Gasteiger partial charge in [0.15, 0.2) is 0 Å². The van der Waals surface area contributed by atoms with Crippen LogP contribution in [-0.2, 0) is 0 Å². The number of nitrogens with zero attached hydrogens (tertiary/aromatic N) is 4. The van der Waals surface area contributed by atoms with Crippen molar-refractivity contribution in [2.45, 2.75) is 26.3 Å². The Morgan fingerprint density at radius 1 is 1.37 bits per heavy atom. The van der Waals surface area contributed by atoms with Gasteiger partial charge in [-0.2, -0.15) is 14.9 Å². The predicted octanol–water partition coefficient (Wildman–Crippen LogP) is 1.93. The van der Waals surface area contributed by atoms with Gasteiger partial charge in [-0.3, -0.25) is 0 Å². The summed E-state index contributed by atoms with van der Waals surface area (Å²) in [4.78, 5) is 4.16. The first-order chi connectivity index (χ1) is 8.89. The Labute approximate surface area is 111 Å². The molecule has 3 N–H and O–H groups in total. The van der Waals surface area contributed by atoms with Crippen molar-refractivity contribution in [3.05, 3.63) is 29.8 Å². The van der Waals surface area contributed by atoms with E-state index in [-0.39, 0.29) is 11.5 Å². The molecular weight excluding hydrogens is 240 g/mol. The SMILES string of the molecule is CC(C)(C)Nc1nc(N)n(-c2cccc(C#N)c2)n1. The van der Waals surface area contributed by atoms with Crippen LogP contribution in [0.25, 0.3) is 5.69 Å². The monoisotopic (exact) mass is 256 g/mol. The summed E-state index contributed by atoms with van der Waals surface area (Å²) < 4.78 is 1.51. The van der Waals surface area contributed by atoms with Crippen molar-refractivity contribution >= 4 is 11.9 Å². The molecule has 0 radical (unpaired) electrons. The standard InChI is InChI=1S/C13H16N6/c1-13(2,3)17-12-16-11(15)19(18-12)10-6-4-5-9(7-10)8-14/h4-7H,1-3H3,(H3,15,16,17,18). The lowest BCUT2D eigenvalue weighted by atomic mass is 10.1. The number of hydrogen-bond donors (Lipinski definition) is 2. The Morgan fingerprint density at radius 3 is 2.74 bits per heavy atom. The van der Waals surface area contributed by atoms with Crippen molar-refractivity contribution in [2.75, 3.05) is 11.1 Å². The van der Waals surface area contributed by atoms with E-state index < -0.39 is 0 Å². The molecule has 0 fully saturated rings. The van der Waals surface area contributed by atoms with Gasteiger partial charge < -0.3 is 11.1 Å². The van der Waals surface area contributed by atoms with Gasteiger partial charge in [-0.05, 0) is 39.0 Å². The number of nitrogen functional groups attached to an aromatic ring is 1. The normalized spacial score (nSPS) is 11.1. The van der Waals surface area contributed by atoms with Crippen LogP contribution in [0.15, 0.2) is 24.3 Å². The minimum atomic E-state index is -0.146. The van der Waals surface area contributed by atoms with Gasteiger partial charge in [0.1, 0.15) is 0 Å². The number of hydrogen-bond acceptors (Lipinski definition) is 5. The lowest BCUT2D eigenvalue weighted by Gasteiger charge is -2.18. The molecule has 0 spiro atoms. The highest BCUT2D eigenvalue weighted by atomic mass is 15.4. The molecule has 0 bridgehead atoms. The van der Waals surface area contributed by atoms with E-state index in [9.17, 15) is 0 Å². The average molecular weight is 256 g/mol. The molecule has 1 aromatic heterocycles. The Morgan fingerprint density at radius 2 is 2.11 bits per heavy atom. The fourth-order valence-electron chi connectivity index (χ4n) is 1.61. The van der Waals surface area contributed by atoms with Crippen molar-refractivity contribution in [3.8, 4) is 11.8 Å². The summed E-state index contributed by atoms with van der Waals surface area (Å²) in [6, 6.07) is 9.13. The molecule has 0 aliphatic rings. The lowest BCUT2D eigenvalue weighted by molar-refractivity contribution is 0.625. The van der Waals surface area contributed by atoms with Gasteiger partial charge in [0.05, 0.1) is 17.3 Å². The molecule has 2 rings (SSSR count). The first-order valence-corrected chi connectivity index (χ1v) is 5.90. The van der Waals surface area contributed by atoms with Crippen LogP contribution in [0.1, 0.15) is 26.3 Å². The fraction of sp³-hybridized carbons (Fsp3) is 0.308. The quantitative estimate of drug-likeness (QED) is 0.856. The van der Waals surface area contributed by atoms with E-state index >= 15 is 0 Å². The van der Waals surface area contributed by atoms with Crippen molar-refractivity contribution in [3.63, 3.8) is 0 Å². The molecular formula is C13H16N6. The second-order valence-electron chi connectivity index (χ2n) is 5.24. The summed E-state index contributed by atoms with van der Waals surface area (Å²) in [5.41, 5.74) is 6.97. The molecule has 0 saturated heterocycles. The third-order valence-corrected chi connectivity index (χ3v) is 2.34. The van der Waals surface area contributed by atoms with Gasteiger partial charge in [-0.15, -0.1) is 5.10 Å². The molecule has 1 heterocycles. The van der Waals surface area contributed by atoms with Crippen LogP contribution in [0.4, 0.5) is 11.9 Å². The molecule has 19 heavy (non-hydrogen) atoms. The summed E-state index contributed by atoms with van der Waals surface area (Å²) >= 11 is 0. The zero-order valence-electron chi connectivity index (χ0n) is 11.2. The second-order valence-corrected chi connectivity index (χ2v) is 5.24. The zero-order valence-corrected chi connectivity index (χ0v) is 11.2. The number of nitriles is 1. The highest BCUT2D eigenvalue weighted by Crippen LogP contribution is 2.17. The average Bonchev–Trinajstić information content (AvgIpc) is 2.68. The van der Waals surface area contributed by atoms with Crippen molar-refractivity contribution in [1.82, 2.24) is 14.8 Å². The molecule has 6 heteroatoms. The first kappa shape index (κ1) is 12.9. The Hall–Kier alpha value is -2.55. The molecule has 6 nitrogen and oxygen atoms in total. The smallest absolute Gasteiger partial charge is 0.244 e. The summed E-state index contributed by atoms with van der Waals surface area (Å²) in [5.74, 6) is 0.745. The Bertz CT molecular complexity index is 629. The Balaban J connectivity index is 2.38. The number of rotatable bonds is 2. The van der Waals surface area contributed by atoms with E-state index in [1.807, 2.05) is 26.8 Å². The highest BCUT2D eigenvalue weighted by Gasteiger charge is 2.15. The molecule has 0 unspecified atom stereocenters. The van der Waals surface area contributed by atoms with E-state index in [0.717, 1.165) is 0 Å². The van der Waals surface area contributed by atoms with Crippen LogP contribution in [-0.4, -0.2) is 20.3 Å². The van der Waals surface area contributed by atoms with Crippen LogP contribution in [0, 0.1) is 11.3 Å². The molecule has 0 aliphatic heterocycles. The third kappa shape index (κ3) is 3.01. The van der Waals surface area contributed by atoms with Crippen LogP contribution in [0.2, 0.25) is 0 Å². The van der Waals surface area contributed by atoms with Gasteiger partial charge in [0.2, 0.25) is 11.9 Å².